The maximum Gasteiger partial charge on any atom is 0.573 e. The molecule has 0 spiro atoms. The Morgan fingerprint density at radius 1 is 1.33 bits per heavy atom. The van der Waals surface area contributed by atoms with Crippen LogP contribution in [-0.4, -0.2) is 35.6 Å². The molecule has 1 aromatic rings. The molecule has 5 nitrogen and oxygen atoms in total. The molecule has 0 aromatic heterocycles. The molecule has 1 amide bonds. The highest BCUT2D eigenvalue weighted by Crippen LogP contribution is 2.35. The third-order valence-corrected chi connectivity index (χ3v) is 3.50. The number of alkyl halides is 3. The standard InChI is InChI=1S/C13H15F3N2O3/c14-13(15,16)21-11-7-9(1-2-10(11)17)8-3-5-18(6-4-8)12(19)20/h1-2,7-8H,3-6,17H2,(H,19,20). The van der Waals surface area contributed by atoms with E-state index >= 15 is 0 Å². The minimum atomic E-state index is -4.79. The van der Waals surface area contributed by atoms with Gasteiger partial charge in [0.1, 0.15) is 0 Å². The van der Waals surface area contributed by atoms with Gasteiger partial charge in [0.05, 0.1) is 5.69 Å². The van der Waals surface area contributed by atoms with E-state index in [-0.39, 0.29) is 11.6 Å². The van der Waals surface area contributed by atoms with Gasteiger partial charge in [-0.1, -0.05) is 6.07 Å². The van der Waals surface area contributed by atoms with Crippen LogP contribution in [0.4, 0.5) is 23.7 Å². The highest BCUT2D eigenvalue weighted by Gasteiger charge is 2.32. The van der Waals surface area contributed by atoms with Crippen LogP contribution in [0.2, 0.25) is 0 Å². The van der Waals surface area contributed by atoms with Crippen LogP contribution in [0.25, 0.3) is 0 Å². The molecule has 21 heavy (non-hydrogen) atoms. The Balaban J connectivity index is 2.11. The number of nitrogens with two attached hydrogens (primary N) is 1. The summed E-state index contributed by atoms with van der Waals surface area (Å²) in [5.41, 5.74) is 6.07. The lowest BCUT2D eigenvalue weighted by Gasteiger charge is -2.30. The minimum Gasteiger partial charge on any atom is -0.465 e. The first-order chi connectivity index (χ1) is 9.76. The lowest BCUT2D eigenvalue weighted by molar-refractivity contribution is -0.274. The number of likely N-dealkylation sites (tertiary alicyclic amines) is 1. The number of nitrogen functional groups attached to an aromatic ring is 1. The summed E-state index contributed by atoms with van der Waals surface area (Å²) in [6.07, 6.45) is -4.66. The molecule has 8 heteroatoms. The molecule has 3 N–H and O–H groups in total. The molecular weight excluding hydrogens is 289 g/mol. The van der Waals surface area contributed by atoms with Crippen molar-refractivity contribution in [2.24, 2.45) is 0 Å². The zero-order chi connectivity index (χ0) is 15.6. The van der Waals surface area contributed by atoms with Crippen molar-refractivity contribution in [3.63, 3.8) is 0 Å². The van der Waals surface area contributed by atoms with Crippen molar-refractivity contribution in [2.75, 3.05) is 18.8 Å². The summed E-state index contributed by atoms with van der Waals surface area (Å²) in [7, 11) is 0. The van der Waals surface area contributed by atoms with Crippen LogP contribution in [-0.2, 0) is 0 Å². The topological polar surface area (TPSA) is 75.8 Å². The highest BCUT2D eigenvalue weighted by atomic mass is 19.4. The summed E-state index contributed by atoms with van der Waals surface area (Å²) in [6, 6.07) is 4.31. The van der Waals surface area contributed by atoms with Crippen LogP contribution in [0, 0.1) is 0 Å². The number of carbonyl (C=O) groups is 1. The van der Waals surface area contributed by atoms with Gasteiger partial charge in [-0.15, -0.1) is 13.2 Å². The highest BCUT2D eigenvalue weighted by molar-refractivity contribution is 5.65. The van der Waals surface area contributed by atoms with Crippen molar-refractivity contribution in [3.8, 4) is 5.75 Å². The van der Waals surface area contributed by atoms with Gasteiger partial charge in [0, 0.05) is 13.1 Å². The molecule has 1 fully saturated rings. The third-order valence-electron chi connectivity index (χ3n) is 3.50. The summed E-state index contributed by atoms with van der Waals surface area (Å²) in [5.74, 6) is -0.419. The van der Waals surface area contributed by atoms with Gasteiger partial charge < -0.3 is 20.5 Å². The van der Waals surface area contributed by atoms with E-state index in [1.807, 2.05) is 0 Å². The fourth-order valence-corrected chi connectivity index (χ4v) is 2.42. The zero-order valence-corrected chi connectivity index (χ0v) is 11.1. The van der Waals surface area contributed by atoms with Crippen molar-refractivity contribution < 1.29 is 27.8 Å². The Kier molecular flexibility index (Phi) is 4.15. The molecule has 1 heterocycles. The lowest BCUT2D eigenvalue weighted by atomic mass is 9.89. The van der Waals surface area contributed by atoms with Crippen molar-refractivity contribution in [1.82, 2.24) is 4.90 Å². The van der Waals surface area contributed by atoms with Gasteiger partial charge in [0.2, 0.25) is 0 Å². The molecule has 1 aromatic carbocycles. The van der Waals surface area contributed by atoms with E-state index in [0.717, 1.165) is 0 Å². The second kappa shape index (κ2) is 5.71. The molecular formula is C13H15F3N2O3. The van der Waals surface area contributed by atoms with Crippen LogP contribution in [0.3, 0.4) is 0 Å². The van der Waals surface area contributed by atoms with Crippen molar-refractivity contribution in [3.05, 3.63) is 23.8 Å². The van der Waals surface area contributed by atoms with E-state index < -0.39 is 18.2 Å². The number of hydrogen-bond acceptors (Lipinski definition) is 3. The van der Waals surface area contributed by atoms with Gasteiger partial charge in [0.25, 0.3) is 0 Å². The van der Waals surface area contributed by atoms with Gasteiger partial charge in [-0.05, 0) is 36.5 Å². The molecule has 116 valence electrons. The summed E-state index contributed by atoms with van der Waals surface area (Å²) >= 11 is 0. The number of rotatable bonds is 2. The minimum absolute atomic E-state index is 0.00298. The normalized spacial score (nSPS) is 16.8. The average molecular weight is 304 g/mol. The summed E-state index contributed by atoms with van der Waals surface area (Å²) in [6.45, 7) is 0.722. The SMILES string of the molecule is Nc1ccc(C2CCN(C(=O)O)CC2)cc1OC(F)(F)F. The molecule has 1 aliphatic rings. The number of halogens is 3. The second-order valence-electron chi connectivity index (χ2n) is 4.89. The molecule has 1 saturated heterocycles. The molecule has 0 aliphatic carbocycles. The van der Waals surface area contributed by atoms with E-state index in [1.165, 1.54) is 17.0 Å². The van der Waals surface area contributed by atoms with Crippen molar-refractivity contribution in [1.29, 1.82) is 0 Å². The Morgan fingerprint density at radius 3 is 2.48 bits per heavy atom. The van der Waals surface area contributed by atoms with Gasteiger partial charge in [-0.25, -0.2) is 4.79 Å². The van der Waals surface area contributed by atoms with Crippen LogP contribution < -0.4 is 10.5 Å². The number of hydrogen-bond donors (Lipinski definition) is 2. The number of piperidine rings is 1. The quantitative estimate of drug-likeness (QED) is 0.823. The van der Waals surface area contributed by atoms with E-state index in [1.54, 1.807) is 6.07 Å². The number of nitrogens with zero attached hydrogens (tertiary/aromatic N) is 1. The Bertz CT molecular complexity index is 526. The van der Waals surface area contributed by atoms with E-state index in [0.29, 0.717) is 31.5 Å². The fraction of sp³-hybridized carbons (Fsp3) is 0.462. The predicted molar refractivity (Wildman–Crippen MR) is 69.1 cm³/mol. The van der Waals surface area contributed by atoms with Gasteiger partial charge >= 0.3 is 12.5 Å². The van der Waals surface area contributed by atoms with Gasteiger partial charge in [-0.3, -0.25) is 0 Å². The van der Waals surface area contributed by atoms with E-state index in [9.17, 15) is 18.0 Å². The van der Waals surface area contributed by atoms with E-state index in [2.05, 4.69) is 4.74 Å². The van der Waals surface area contributed by atoms with Crippen molar-refractivity contribution in [2.45, 2.75) is 25.1 Å². The maximum atomic E-state index is 12.3. The Hall–Kier alpha value is -2.12. The third kappa shape index (κ3) is 3.93. The number of anilines is 1. The predicted octanol–water partition coefficient (Wildman–Crippen LogP) is 3.02. The van der Waals surface area contributed by atoms with Crippen LogP contribution in [0.1, 0.15) is 24.3 Å². The molecule has 0 radical (unpaired) electrons. The fourth-order valence-electron chi connectivity index (χ4n) is 2.42. The molecule has 2 rings (SSSR count). The smallest absolute Gasteiger partial charge is 0.465 e. The molecule has 1 aliphatic heterocycles. The van der Waals surface area contributed by atoms with Crippen LogP contribution in [0.15, 0.2) is 18.2 Å². The Morgan fingerprint density at radius 2 is 1.95 bits per heavy atom. The summed E-state index contributed by atoms with van der Waals surface area (Å²) < 4.78 is 40.8. The van der Waals surface area contributed by atoms with E-state index in [4.69, 9.17) is 10.8 Å². The number of benzene rings is 1. The Labute approximate surface area is 119 Å². The first-order valence-electron chi connectivity index (χ1n) is 6.39. The van der Waals surface area contributed by atoms with Gasteiger partial charge in [-0.2, -0.15) is 0 Å². The van der Waals surface area contributed by atoms with Crippen LogP contribution in [0.5, 0.6) is 5.75 Å². The monoisotopic (exact) mass is 304 g/mol. The first-order valence-corrected chi connectivity index (χ1v) is 6.39. The molecule has 0 atom stereocenters. The van der Waals surface area contributed by atoms with Crippen molar-refractivity contribution >= 4 is 11.8 Å². The molecule has 0 saturated carbocycles. The summed E-state index contributed by atoms with van der Waals surface area (Å²) in [4.78, 5) is 12.1. The second-order valence-corrected chi connectivity index (χ2v) is 4.89. The largest absolute Gasteiger partial charge is 0.573 e. The first kappa shape index (κ1) is 15.3. The van der Waals surface area contributed by atoms with Crippen LogP contribution >= 0.6 is 0 Å². The number of carboxylic acid groups (broad SMARTS) is 1. The average Bonchev–Trinajstić information content (AvgIpc) is 2.40. The molecule has 0 bridgehead atoms. The van der Waals surface area contributed by atoms with Gasteiger partial charge in [0.15, 0.2) is 5.75 Å². The maximum absolute atomic E-state index is 12.3. The number of amides is 1. The zero-order valence-electron chi connectivity index (χ0n) is 11.1. The molecule has 0 unspecified atom stereocenters. The summed E-state index contributed by atoms with van der Waals surface area (Å²) in [5, 5.41) is 8.87. The lowest BCUT2D eigenvalue weighted by Crippen LogP contribution is -2.36. The number of ether oxygens (including phenoxy) is 1.